The van der Waals surface area contributed by atoms with E-state index >= 15 is 0 Å². The lowest BCUT2D eigenvalue weighted by Crippen LogP contribution is -2.14. The van der Waals surface area contributed by atoms with Crippen molar-refractivity contribution < 1.29 is 0 Å². The first-order valence-corrected chi connectivity index (χ1v) is 5.03. The van der Waals surface area contributed by atoms with Crippen LogP contribution in [0.1, 0.15) is 33.6 Å². The third-order valence-corrected chi connectivity index (χ3v) is 2.71. The van der Waals surface area contributed by atoms with E-state index in [1.165, 1.54) is 11.1 Å². The first-order chi connectivity index (χ1) is 6.48. The van der Waals surface area contributed by atoms with Gasteiger partial charge in [0.25, 0.3) is 0 Å². The van der Waals surface area contributed by atoms with Gasteiger partial charge in [0.1, 0.15) is 0 Å². The van der Waals surface area contributed by atoms with Crippen molar-refractivity contribution in [2.45, 2.75) is 33.6 Å². The fourth-order valence-corrected chi connectivity index (χ4v) is 1.94. The van der Waals surface area contributed by atoms with Crippen molar-refractivity contribution in [3.8, 4) is 0 Å². The van der Waals surface area contributed by atoms with Crippen LogP contribution in [0.15, 0.2) is 27.9 Å². The molecule has 0 spiro atoms. The van der Waals surface area contributed by atoms with E-state index < -0.39 is 0 Å². The molecule has 0 aromatic rings. The lowest BCUT2D eigenvalue weighted by Gasteiger charge is -2.22. The van der Waals surface area contributed by atoms with Gasteiger partial charge in [-0.1, -0.05) is 26.8 Å². The molecule has 0 saturated carbocycles. The number of fused-ring (bicyclic) bond motifs is 1. The zero-order valence-corrected chi connectivity index (χ0v) is 9.02. The van der Waals surface area contributed by atoms with Gasteiger partial charge in [-0.3, -0.25) is 4.99 Å². The molecular formula is C12H16N2. The van der Waals surface area contributed by atoms with E-state index in [0.29, 0.717) is 0 Å². The molecule has 0 bridgehead atoms. The Morgan fingerprint density at radius 2 is 2.07 bits per heavy atom. The van der Waals surface area contributed by atoms with Crippen molar-refractivity contribution in [3.63, 3.8) is 0 Å². The zero-order valence-electron chi connectivity index (χ0n) is 9.02. The summed E-state index contributed by atoms with van der Waals surface area (Å²) in [6, 6.07) is 0. The van der Waals surface area contributed by atoms with Crippen LogP contribution in [0.4, 0.5) is 0 Å². The minimum atomic E-state index is 0.145. The number of hydrogen-bond acceptors (Lipinski definition) is 2. The standard InChI is InChI=1S/C12H16N2/c1-12(2,3)10-7-14-11-5-4-8(13)6-9(10)11/h5,7,13H,4,6H2,1-3H3. The summed E-state index contributed by atoms with van der Waals surface area (Å²) in [6.07, 6.45) is 5.60. The van der Waals surface area contributed by atoms with Crippen molar-refractivity contribution >= 4 is 11.9 Å². The molecule has 0 unspecified atom stereocenters. The summed E-state index contributed by atoms with van der Waals surface area (Å²) in [5.41, 5.74) is 4.62. The molecule has 1 N–H and O–H groups in total. The SMILES string of the molecule is CC(C)(C)C1=C2CC(=N)CC=C2N=C1. The molecule has 1 heterocycles. The van der Waals surface area contributed by atoms with E-state index in [2.05, 4.69) is 31.8 Å². The molecule has 14 heavy (non-hydrogen) atoms. The third-order valence-electron chi connectivity index (χ3n) is 2.71. The molecule has 0 amide bonds. The van der Waals surface area contributed by atoms with Crippen LogP contribution in [0.2, 0.25) is 0 Å². The van der Waals surface area contributed by atoms with Crippen molar-refractivity contribution in [2.75, 3.05) is 0 Å². The van der Waals surface area contributed by atoms with Crippen LogP contribution in [0, 0.1) is 10.8 Å². The summed E-state index contributed by atoms with van der Waals surface area (Å²) in [6.45, 7) is 6.59. The van der Waals surface area contributed by atoms with Gasteiger partial charge in [-0.05, 0) is 16.6 Å². The number of hydrogen-bond donors (Lipinski definition) is 1. The molecule has 1 aliphatic carbocycles. The number of nitrogens with one attached hydrogen (secondary N) is 1. The topological polar surface area (TPSA) is 36.2 Å². The molecule has 0 atom stereocenters. The lowest BCUT2D eigenvalue weighted by atomic mass is 9.81. The minimum absolute atomic E-state index is 0.145. The monoisotopic (exact) mass is 188 g/mol. The highest BCUT2D eigenvalue weighted by atomic mass is 14.8. The van der Waals surface area contributed by atoms with E-state index in [1.54, 1.807) is 0 Å². The summed E-state index contributed by atoms with van der Waals surface area (Å²) < 4.78 is 0. The largest absolute Gasteiger partial charge is 0.309 e. The van der Waals surface area contributed by atoms with Crippen LogP contribution in [0.3, 0.4) is 0 Å². The highest BCUT2D eigenvalue weighted by molar-refractivity contribution is 5.95. The number of rotatable bonds is 0. The van der Waals surface area contributed by atoms with Crippen molar-refractivity contribution in [1.82, 2.24) is 0 Å². The van der Waals surface area contributed by atoms with Crippen LogP contribution in [0.5, 0.6) is 0 Å². The third kappa shape index (κ3) is 1.45. The van der Waals surface area contributed by atoms with Crippen LogP contribution in [-0.4, -0.2) is 11.9 Å². The molecule has 1 aliphatic heterocycles. The van der Waals surface area contributed by atoms with Crippen molar-refractivity contribution in [1.29, 1.82) is 5.41 Å². The first-order valence-electron chi connectivity index (χ1n) is 5.03. The summed E-state index contributed by atoms with van der Waals surface area (Å²) in [5.74, 6) is 0. The average molecular weight is 188 g/mol. The average Bonchev–Trinajstić information content (AvgIpc) is 2.45. The van der Waals surface area contributed by atoms with Crippen LogP contribution < -0.4 is 0 Å². The summed E-state index contributed by atoms with van der Waals surface area (Å²) in [7, 11) is 0. The summed E-state index contributed by atoms with van der Waals surface area (Å²) in [4.78, 5) is 4.41. The minimum Gasteiger partial charge on any atom is -0.309 e. The van der Waals surface area contributed by atoms with Gasteiger partial charge in [0.15, 0.2) is 0 Å². The Morgan fingerprint density at radius 1 is 1.36 bits per heavy atom. The fourth-order valence-electron chi connectivity index (χ4n) is 1.94. The summed E-state index contributed by atoms with van der Waals surface area (Å²) >= 11 is 0. The normalized spacial score (nSPS) is 21.4. The lowest BCUT2D eigenvalue weighted by molar-refractivity contribution is 0.523. The van der Waals surface area contributed by atoms with Gasteiger partial charge >= 0.3 is 0 Å². The number of aliphatic imine (C=N–C) groups is 1. The Balaban J connectivity index is 2.47. The van der Waals surface area contributed by atoms with Crippen LogP contribution in [0.25, 0.3) is 0 Å². The highest BCUT2D eigenvalue weighted by Gasteiger charge is 2.27. The highest BCUT2D eigenvalue weighted by Crippen LogP contribution is 2.37. The summed E-state index contributed by atoms with van der Waals surface area (Å²) in [5, 5.41) is 7.70. The predicted molar refractivity (Wildman–Crippen MR) is 60.0 cm³/mol. The van der Waals surface area contributed by atoms with E-state index in [1.807, 2.05) is 6.21 Å². The molecule has 0 aromatic heterocycles. The molecule has 0 radical (unpaired) electrons. The van der Waals surface area contributed by atoms with Gasteiger partial charge in [0.05, 0.1) is 5.70 Å². The van der Waals surface area contributed by atoms with E-state index in [-0.39, 0.29) is 5.41 Å². The molecular weight excluding hydrogens is 172 g/mol. The van der Waals surface area contributed by atoms with Crippen LogP contribution in [-0.2, 0) is 0 Å². The predicted octanol–water partition coefficient (Wildman–Crippen LogP) is 3.11. The van der Waals surface area contributed by atoms with Gasteiger partial charge in [-0.2, -0.15) is 0 Å². The maximum Gasteiger partial charge on any atom is 0.0633 e. The Labute approximate surface area is 84.9 Å². The van der Waals surface area contributed by atoms with E-state index in [0.717, 1.165) is 24.3 Å². The van der Waals surface area contributed by atoms with Crippen molar-refractivity contribution in [3.05, 3.63) is 22.9 Å². The second-order valence-electron chi connectivity index (χ2n) is 4.97. The second kappa shape index (κ2) is 2.91. The molecule has 0 fully saturated rings. The number of nitrogens with zero attached hydrogens (tertiary/aromatic N) is 1. The van der Waals surface area contributed by atoms with Gasteiger partial charge in [-0.25, -0.2) is 0 Å². The molecule has 0 saturated heterocycles. The zero-order chi connectivity index (χ0) is 10.3. The molecule has 2 rings (SSSR count). The van der Waals surface area contributed by atoms with Gasteiger partial charge in [0, 0.05) is 24.8 Å². The first kappa shape index (κ1) is 9.38. The smallest absolute Gasteiger partial charge is 0.0633 e. The second-order valence-corrected chi connectivity index (χ2v) is 4.97. The molecule has 2 nitrogen and oxygen atoms in total. The molecule has 2 heteroatoms. The molecule has 74 valence electrons. The molecule has 2 aliphatic rings. The van der Waals surface area contributed by atoms with E-state index in [4.69, 9.17) is 5.41 Å². The van der Waals surface area contributed by atoms with Crippen LogP contribution >= 0.6 is 0 Å². The van der Waals surface area contributed by atoms with Gasteiger partial charge in [-0.15, -0.1) is 0 Å². The molecule has 0 aromatic carbocycles. The van der Waals surface area contributed by atoms with Gasteiger partial charge < -0.3 is 5.41 Å². The van der Waals surface area contributed by atoms with E-state index in [9.17, 15) is 0 Å². The van der Waals surface area contributed by atoms with Gasteiger partial charge in [0.2, 0.25) is 0 Å². The Bertz CT molecular complexity index is 376. The quantitative estimate of drug-likeness (QED) is 0.606. The Kier molecular flexibility index (Phi) is 1.95. The fraction of sp³-hybridized carbons (Fsp3) is 0.500. The maximum atomic E-state index is 7.70. The number of allylic oxidation sites excluding steroid dienone is 3. The maximum absolute atomic E-state index is 7.70. The Morgan fingerprint density at radius 3 is 2.71 bits per heavy atom. The Hall–Kier alpha value is -1.18. The van der Waals surface area contributed by atoms with Crippen molar-refractivity contribution in [2.24, 2.45) is 10.4 Å².